The number of rotatable bonds is 3. The quantitative estimate of drug-likeness (QED) is 0.937. The topological polar surface area (TPSA) is 64.2 Å². The van der Waals surface area contributed by atoms with Gasteiger partial charge in [0.05, 0.1) is 5.69 Å². The summed E-state index contributed by atoms with van der Waals surface area (Å²) in [6, 6.07) is 7.53. The van der Waals surface area contributed by atoms with Crippen LogP contribution >= 0.6 is 15.9 Å². The molecule has 2 aromatic rings. The van der Waals surface area contributed by atoms with Crippen molar-refractivity contribution < 1.29 is 4.79 Å². The minimum atomic E-state index is -0.118. The van der Waals surface area contributed by atoms with Gasteiger partial charge in [0, 0.05) is 31.3 Å². The van der Waals surface area contributed by atoms with E-state index < -0.39 is 0 Å². The lowest BCUT2D eigenvalue weighted by Gasteiger charge is -2.08. The maximum absolute atomic E-state index is 11.8. The molecule has 2 N–H and O–H groups in total. The van der Waals surface area contributed by atoms with Gasteiger partial charge in [-0.15, -0.1) is 0 Å². The van der Waals surface area contributed by atoms with Gasteiger partial charge in [-0.2, -0.15) is 5.10 Å². The molecule has 1 aromatic heterocycles. The van der Waals surface area contributed by atoms with Crippen molar-refractivity contribution in [1.82, 2.24) is 14.7 Å². The van der Waals surface area contributed by atoms with Crippen molar-refractivity contribution in [2.45, 2.75) is 6.54 Å². The molecule has 0 atom stereocenters. The molecule has 0 aliphatic carbocycles. The van der Waals surface area contributed by atoms with E-state index in [2.05, 4.69) is 21.0 Å². The first-order valence-electron chi connectivity index (χ1n) is 5.78. The number of hydrogen-bond donors (Lipinski definition) is 1. The number of carbonyl (C=O) groups excluding carboxylic acids is 1. The van der Waals surface area contributed by atoms with E-state index in [1.165, 1.54) is 4.90 Å². The Morgan fingerprint density at radius 3 is 2.79 bits per heavy atom. The van der Waals surface area contributed by atoms with Crippen LogP contribution in [0.1, 0.15) is 16.1 Å². The summed E-state index contributed by atoms with van der Waals surface area (Å²) in [6.07, 6.45) is 1.76. The van der Waals surface area contributed by atoms with E-state index in [9.17, 15) is 4.79 Å². The molecule has 0 aliphatic rings. The third-order valence-electron chi connectivity index (χ3n) is 2.66. The zero-order valence-corrected chi connectivity index (χ0v) is 12.4. The Bertz CT molecular complexity index is 606. The lowest BCUT2D eigenvalue weighted by Crippen LogP contribution is -2.22. The minimum Gasteiger partial charge on any atom is -0.343 e. The Hall–Kier alpha value is -1.66. The lowest BCUT2D eigenvalue weighted by molar-refractivity contribution is 0.0821. The van der Waals surface area contributed by atoms with Gasteiger partial charge in [0.25, 0.3) is 5.91 Å². The van der Waals surface area contributed by atoms with Gasteiger partial charge in [-0.05, 0) is 29.8 Å². The first-order chi connectivity index (χ1) is 9.01. The average molecular weight is 323 g/mol. The van der Waals surface area contributed by atoms with Crippen molar-refractivity contribution in [2.24, 2.45) is 5.73 Å². The number of nitrogens with zero attached hydrogens (tertiary/aromatic N) is 3. The second kappa shape index (κ2) is 5.54. The molecule has 1 amide bonds. The fraction of sp³-hybridized carbons (Fsp3) is 0.231. The van der Waals surface area contributed by atoms with Crippen molar-refractivity contribution in [1.29, 1.82) is 0 Å². The first kappa shape index (κ1) is 13.8. The second-order valence-electron chi connectivity index (χ2n) is 4.37. The van der Waals surface area contributed by atoms with Crippen LogP contribution in [0.15, 0.2) is 34.9 Å². The van der Waals surface area contributed by atoms with Crippen molar-refractivity contribution in [2.75, 3.05) is 14.1 Å². The maximum atomic E-state index is 11.8. The number of nitrogens with two attached hydrogens (primary N) is 1. The molecule has 1 aromatic carbocycles. The van der Waals surface area contributed by atoms with Crippen LogP contribution in [0.25, 0.3) is 5.69 Å². The Labute approximate surface area is 120 Å². The molecule has 19 heavy (non-hydrogen) atoms. The van der Waals surface area contributed by atoms with Crippen LogP contribution in [0, 0.1) is 0 Å². The fourth-order valence-corrected chi connectivity index (χ4v) is 2.22. The van der Waals surface area contributed by atoms with Crippen molar-refractivity contribution >= 4 is 21.8 Å². The molecule has 5 nitrogen and oxygen atoms in total. The highest BCUT2D eigenvalue weighted by atomic mass is 79.9. The number of carbonyl (C=O) groups is 1. The van der Waals surface area contributed by atoms with Crippen LogP contribution in [-0.4, -0.2) is 34.7 Å². The van der Waals surface area contributed by atoms with Crippen LogP contribution in [-0.2, 0) is 6.54 Å². The molecule has 0 bridgehead atoms. The standard InChI is InChI=1S/C13H15BrN4O/c1-17(2)13(19)12-3-4-18(16-12)11-6-9(8-15)5-10(14)7-11/h3-7H,8,15H2,1-2H3. The summed E-state index contributed by atoms with van der Waals surface area (Å²) in [5, 5.41) is 4.28. The molecule has 0 radical (unpaired) electrons. The molecule has 1 heterocycles. The fourth-order valence-electron chi connectivity index (χ4n) is 1.69. The molecule has 0 saturated carbocycles. The molecular formula is C13H15BrN4O. The minimum absolute atomic E-state index is 0.118. The third-order valence-corrected chi connectivity index (χ3v) is 3.11. The highest BCUT2D eigenvalue weighted by Gasteiger charge is 2.12. The SMILES string of the molecule is CN(C)C(=O)c1ccn(-c2cc(Br)cc(CN)c2)n1. The maximum Gasteiger partial charge on any atom is 0.273 e. The zero-order valence-electron chi connectivity index (χ0n) is 10.8. The van der Waals surface area contributed by atoms with E-state index in [4.69, 9.17) is 5.73 Å². The second-order valence-corrected chi connectivity index (χ2v) is 5.28. The summed E-state index contributed by atoms with van der Waals surface area (Å²) in [5.74, 6) is -0.118. The number of halogens is 1. The summed E-state index contributed by atoms with van der Waals surface area (Å²) in [5.41, 5.74) is 7.93. The Morgan fingerprint density at radius 1 is 1.42 bits per heavy atom. The van der Waals surface area contributed by atoms with Crippen LogP contribution < -0.4 is 5.73 Å². The van der Waals surface area contributed by atoms with Crippen LogP contribution in [0.2, 0.25) is 0 Å². The van der Waals surface area contributed by atoms with Gasteiger partial charge in [0.1, 0.15) is 0 Å². The van der Waals surface area contributed by atoms with Crippen LogP contribution in [0.4, 0.5) is 0 Å². The van der Waals surface area contributed by atoms with Gasteiger partial charge in [0.15, 0.2) is 5.69 Å². The molecule has 6 heteroatoms. The van der Waals surface area contributed by atoms with E-state index >= 15 is 0 Å². The number of aromatic nitrogens is 2. The third kappa shape index (κ3) is 3.02. The van der Waals surface area contributed by atoms with E-state index in [0.717, 1.165) is 15.7 Å². The summed E-state index contributed by atoms with van der Waals surface area (Å²) in [6.45, 7) is 0.456. The summed E-state index contributed by atoms with van der Waals surface area (Å²) in [7, 11) is 3.40. The van der Waals surface area contributed by atoms with Crippen LogP contribution in [0.3, 0.4) is 0 Å². The summed E-state index contributed by atoms with van der Waals surface area (Å²) < 4.78 is 2.60. The van der Waals surface area contributed by atoms with Gasteiger partial charge < -0.3 is 10.6 Å². The van der Waals surface area contributed by atoms with Gasteiger partial charge in [-0.3, -0.25) is 4.79 Å². The molecule has 0 saturated heterocycles. The Balaban J connectivity index is 2.37. The Kier molecular flexibility index (Phi) is 4.01. The smallest absolute Gasteiger partial charge is 0.273 e. The Morgan fingerprint density at radius 2 is 2.16 bits per heavy atom. The van der Waals surface area contributed by atoms with E-state index in [1.54, 1.807) is 31.0 Å². The normalized spacial score (nSPS) is 10.5. The van der Waals surface area contributed by atoms with E-state index in [0.29, 0.717) is 12.2 Å². The molecule has 0 spiro atoms. The predicted molar refractivity (Wildman–Crippen MR) is 77.2 cm³/mol. The highest BCUT2D eigenvalue weighted by molar-refractivity contribution is 9.10. The monoisotopic (exact) mass is 322 g/mol. The van der Waals surface area contributed by atoms with Crippen molar-refractivity contribution in [3.05, 3.63) is 46.2 Å². The van der Waals surface area contributed by atoms with Gasteiger partial charge >= 0.3 is 0 Å². The zero-order chi connectivity index (χ0) is 14.0. The molecule has 100 valence electrons. The molecule has 0 aliphatic heterocycles. The molecule has 2 rings (SSSR count). The largest absolute Gasteiger partial charge is 0.343 e. The molecule has 0 fully saturated rings. The molecular weight excluding hydrogens is 308 g/mol. The van der Waals surface area contributed by atoms with Gasteiger partial charge in [-0.1, -0.05) is 15.9 Å². The van der Waals surface area contributed by atoms with E-state index in [-0.39, 0.29) is 5.91 Å². The summed E-state index contributed by atoms with van der Waals surface area (Å²) >= 11 is 3.44. The average Bonchev–Trinajstić information content (AvgIpc) is 2.86. The first-order valence-corrected chi connectivity index (χ1v) is 6.58. The number of benzene rings is 1. The predicted octanol–water partition coefficient (Wildman–Crippen LogP) is 1.80. The van der Waals surface area contributed by atoms with Gasteiger partial charge in [-0.25, -0.2) is 4.68 Å². The van der Waals surface area contributed by atoms with Crippen molar-refractivity contribution in [3.8, 4) is 5.69 Å². The molecule has 0 unspecified atom stereocenters. The lowest BCUT2D eigenvalue weighted by atomic mass is 10.2. The number of amides is 1. The van der Waals surface area contributed by atoms with Gasteiger partial charge in [0.2, 0.25) is 0 Å². The van der Waals surface area contributed by atoms with E-state index in [1.807, 2.05) is 18.2 Å². The number of hydrogen-bond acceptors (Lipinski definition) is 3. The van der Waals surface area contributed by atoms with Crippen molar-refractivity contribution in [3.63, 3.8) is 0 Å². The highest BCUT2D eigenvalue weighted by Crippen LogP contribution is 2.18. The summed E-state index contributed by atoms with van der Waals surface area (Å²) in [4.78, 5) is 13.3. The van der Waals surface area contributed by atoms with Crippen LogP contribution in [0.5, 0.6) is 0 Å².